The highest BCUT2D eigenvalue weighted by Gasteiger charge is 2.09. The van der Waals surface area contributed by atoms with Crippen molar-refractivity contribution in [1.82, 2.24) is 15.1 Å². The molecule has 0 aromatic carbocycles. The van der Waals surface area contributed by atoms with E-state index in [-0.39, 0.29) is 0 Å². The summed E-state index contributed by atoms with van der Waals surface area (Å²) < 4.78 is 10.6. The van der Waals surface area contributed by atoms with Crippen molar-refractivity contribution < 1.29 is 9.47 Å². The van der Waals surface area contributed by atoms with Crippen LogP contribution in [0.1, 0.15) is 11.4 Å². The highest BCUT2D eigenvalue weighted by molar-refractivity contribution is 7.15. The fourth-order valence-corrected chi connectivity index (χ4v) is 2.32. The Balaban J connectivity index is 2.38. The molecule has 0 spiro atoms. The van der Waals surface area contributed by atoms with E-state index in [1.54, 1.807) is 14.2 Å². The molecule has 0 bridgehead atoms. The Morgan fingerprint density at radius 1 is 1.18 bits per heavy atom. The molecule has 0 fully saturated rings. The molecule has 1 rings (SSSR count). The Labute approximate surface area is 111 Å². The molecule has 0 N–H and O–H groups in total. The number of ether oxygens (including phenoxy) is 2. The lowest BCUT2D eigenvalue weighted by atomic mass is 10.4. The number of hydrogen-bond donors (Lipinski definition) is 0. The molecule has 0 aliphatic heterocycles. The first-order valence-corrected chi connectivity index (χ1v) is 6.63. The van der Waals surface area contributed by atoms with Gasteiger partial charge in [0.1, 0.15) is 5.01 Å². The maximum Gasteiger partial charge on any atom is 0.207 e. The second-order valence-electron chi connectivity index (χ2n) is 3.56. The molecule has 17 heavy (non-hydrogen) atoms. The maximum atomic E-state index is 5.76. The van der Waals surface area contributed by atoms with Crippen LogP contribution in [0.2, 0.25) is 4.47 Å². The van der Waals surface area contributed by atoms with Gasteiger partial charge >= 0.3 is 0 Å². The third-order valence-corrected chi connectivity index (χ3v) is 3.24. The maximum absolute atomic E-state index is 5.76. The van der Waals surface area contributed by atoms with Crippen molar-refractivity contribution in [3.8, 4) is 0 Å². The molecule has 0 saturated heterocycles. The highest BCUT2D eigenvalue weighted by atomic mass is 35.5. The van der Waals surface area contributed by atoms with E-state index in [0.717, 1.165) is 37.7 Å². The molecule has 1 aromatic rings. The average Bonchev–Trinajstić information content (AvgIpc) is 2.72. The largest absolute Gasteiger partial charge is 0.385 e. The second-order valence-corrected chi connectivity index (χ2v) is 5.21. The first-order chi connectivity index (χ1) is 8.26. The summed E-state index contributed by atoms with van der Waals surface area (Å²) in [5, 5.41) is 8.75. The molecule has 7 heteroatoms. The Kier molecular flexibility index (Phi) is 7.63. The van der Waals surface area contributed by atoms with Gasteiger partial charge in [-0.1, -0.05) is 11.3 Å². The van der Waals surface area contributed by atoms with E-state index < -0.39 is 0 Å². The summed E-state index contributed by atoms with van der Waals surface area (Å²) in [6.07, 6.45) is 0.993. The average molecular weight is 280 g/mol. The molecule has 5 nitrogen and oxygen atoms in total. The predicted molar refractivity (Wildman–Crippen MR) is 68.6 cm³/mol. The van der Waals surface area contributed by atoms with Crippen LogP contribution in [-0.4, -0.2) is 55.6 Å². The van der Waals surface area contributed by atoms with Gasteiger partial charge in [0.05, 0.1) is 13.2 Å². The molecule has 0 aliphatic rings. The lowest BCUT2D eigenvalue weighted by molar-refractivity contribution is 0.129. The summed E-state index contributed by atoms with van der Waals surface area (Å²) in [7, 11) is 3.42. The highest BCUT2D eigenvalue weighted by Crippen LogP contribution is 2.16. The van der Waals surface area contributed by atoms with Crippen molar-refractivity contribution in [3.63, 3.8) is 0 Å². The van der Waals surface area contributed by atoms with E-state index in [9.17, 15) is 0 Å². The second kappa shape index (κ2) is 8.77. The standard InChI is InChI=1S/C10H18ClN3O2S/c1-15-6-3-4-14(5-7-16-2)8-9-12-13-10(11)17-9/h3-8H2,1-2H3. The van der Waals surface area contributed by atoms with Gasteiger partial charge < -0.3 is 9.47 Å². The van der Waals surface area contributed by atoms with Crippen molar-refractivity contribution in [3.05, 3.63) is 9.47 Å². The molecule has 0 unspecified atom stereocenters. The summed E-state index contributed by atoms with van der Waals surface area (Å²) >= 11 is 7.17. The van der Waals surface area contributed by atoms with Crippen LogP contribution >= 0.6 is 22.9 Å². The van der Waals surface area contributed by atoms with Gasteiger partial charge in [-0.15, -0.1) is 10.2 Å². The van der Waals surface area contributed by atoms with Gasteiger partial charge in [-0.2, -0.15) is 0 Å². The van der Waals surface area contributed by atoms with Crippen LogP contribution in [0.4, 0.5) is 0 Å². The Bertz CT molecular complexity index is 311. The van der Waals surface area contributed by atoms with Crippen molar-refractivity contribution in [1.29, 1.82) is 0 Å². The Morgan fingerprint density at radius 2 is 1.94 bits per heavy atom. The van der Waals surface area contributed by atoms with E-state index in [1.807, 2.05) is 0 Å². The molecule has 0 atom stereocenters. The molecular formula is C10H18ClN3O2S. The van der Waals surface area contributed by atoms with Gasteiger partial charge in [0.2, 0.25) is 4.47 Å². The number of aromatic nitrogens is 2. The van der Waals surface area contributed by atoms with Crippen LogP contribution in [0.25, 0.3) is 0 Å². The topological polar surface area (TPSA) is 47.5 Å². The first kappa shape index (κ1) is 14.8. The Morgan fingerprint density at radius 3 is 2.53 bits per heavy atom. The fourth-order valence-electron chi connectivity index (χ4n) is 1.41. The van der Waals surface area contributed by atoms with E-state index >= 15 is 0 Å². The molecule has 0 amide bonds. The molecule has 0 radical (unpaired) electrons. The van der Waals surface area contributed by atoms with Crippen molar-refractivity contribution >= 4 is 22.9 Å². The van der Waals surface area contributed by atoms with Gasteiger partial charge in [-0.05, 0) is 18.0 Å². The molecule has 0 aliphatic carbocycles. The lowest BCUT2D eigenvalue weighted by Gasteiger charge is -2.20. The van der Waals surface area contributed by atoms with Gasteiger partial charge in [0.15, 0.2) is 0 Å². The van der Waals surface area contributed by atoms with Crippen LogP contribution < -0.4 is 0 Å². The van der Waals surface area contributed by atoms with E-state index in [2.05, 4.69) is 15.1 Å². The van der Waals surface area contributed by atoms with Crippen molar-refractivity contribution in [2.45, 2.75) is 13.0 Å². The van der Waals surface area contributed by atoms with E-state index in [4.69, 9.17) is 21.1 Å². The molecule has 1 heterocycles. The monoisotopic (exact) mass is 279 g/mol. The number of nitrogens with zero attached hydrogens (tertiary/aromatic N) is 3. The smallest absolute Gasteiger partial charge is 0.207 e. The number of halogens is 1. The van der Waals surface area contributed by atoms with Gasteiger partial charge in [0, 0.05) is 33.9 Å². The number of hydrogen-bond acceptors (Lipinski definition) is 6. The van der Waals surface area contributed by atoms with E-state index in [0.29, 0.717) is 11.1 Å². The van der Waals surface area contributed by atoms with Gasteiger partial charge in [-0.25, -0.2) is 0 Å². The van der Waals surface area contributed by atoms with Crippen LogP contribution in [-0.2, 0) is 16.0 Å². The zero-order chi connectivity index (χ0) is 12.5. The third kappa shape index (κ3) is 6.28. The summed E-state index contributed by atoms with van der Waals surface area (Å²) in [4.78, 5) is 2.26. The molecule has 0 saturated carbocycles. The lowest BCUT2D eigenvalue weighted by Crippen LogP contribution is -2.28. The van der Waals surface area contributed by atoms with Crippen molar-refractivity contribution in [2.75, 3.05) is 40.5 Å². The van der Waals surface area contributed by atoms with Gasteiger partial charge in [0.25, 0.3) is 0 Å². The molecular weight excluding hydrogens is 262 g/mol. The zero-order valence-electron chi connectivity index (χ0n) is 10.2. The normalized spacial score (nSPS) is 11.3. The first-order valence-electron chi connectivity index (χ1n) is 5.44. The van der Waals surface area contributed by atoms with Crippen LogP contribution in [0.3, 0.4) is 0 Å². The molecule has 98 valence electrons. The summed E-state index contributed by atoms with van der Waals surface area (Å²) in [6.45, 7) is 4.06. The van der Waals surface area contributed by atoms with Crippen LogP contribution in [0, 0.1) is 0 Å². The fraction of sp³-hybridized carbons (Fsp3) is 0.800. The summed E-state index contributed by atoms with van der Waals surface area (Å²) in [5.74, 6) is 0. The Hall–Kier alpha value is -0.270. The van der Waals surface area contributed by atoms with Crippen LogP contribution in [0.15, 0.2) is 0 Å². The quantitative estimate of drug-likeness (QED) is 0.644. The van der Waals surface area contributed by atoms with Gasteiger partial charge in [-0.3, -0.25) is 4.90 Å². The minimum Gasteiger partial charge on any atom is -0.385 e. The molecule has 1 aromatic heterocycles. The van der Waals surface area contributed by atoms with E-state index in [1.165, 1.54) is 11.3 Å². The SMILES string of the molecule is COCCCN(CCOC)Cc1nnc(Cl)s1. The minimum absolute atomic E-state index is 0.489. The number of rotatable bonds is 9. The predicted octanol–water partition coefficient (Wildman–Crippen LogP) is 1.68. The minimum atomic E-state index is 0.489. The van der Waals surface area contributed by atoms with Crippen LogP contribution in [0.5, 0.6) is 0 Å². The van der Waals surface area contributed by atoms with Crippen molar-refractivity contribution in [2.24, 2.45) is 0 Å². The zero-order valence-corrected chi connectivity index (χ0v) is 11.8. The summed E-state index contributed by atoms with van der Waals surface area (Å²) in [5.41, 5.74) is 0. The third-order valence-electron chi connectivity index (χ3n) is 2.24. The number of methoxy groups -OCH3 is 2. The summed E-state index contributed by atoms with van der Waals surface area (Å²) in [6, 6.07) is 0.